The summed E-state index contributed by atoms with van der Waals surface area (Å²) in [5.74, 6) is 0.564. The first-order valence-electron chi connectivity index (χ1n) is 11.5. The van der Waals surface area contributed by atoms with E-state index in [2.05, 4.69) is 11.9 Å². The average molecular weight is 518 g/mol. The Labute approximate surface area is 220 Å². The quantitative estimate of drug-likeness (QED) is 0.205. The van der Waals surface area contributed by atoms with Crippen molar-refractivity contribution < 1.29 is 23.8 Å². The van der Waals surface area contributed by atoms with Crippen LogP contribution in [0.4, 0.5) is 5.69 Å². The highest BCUT2D eigenvalue weighted by Crippen LogP contribution is 2.35. The lowest BCUT2D eigenvalue weighted by Crippen LogP contribution is -2.54. The van der Waals surface area contributed by atoms with E-state index in [1.54, 1.807) is 30.4 Å². The van der Waals surface area contributed by atoms with Crippen LogP contribution >= 0.6 is 12.2 Å². The van der Waals surface area contributed by atoms with Crippen molar-refractivity contribution in [3.8, 4) is 22.9 Å². The third-order valence-corrected chi connectivity index (χ3v) is 6.25. The Kier molecular flexibility index (Phi) is 7.45. The molecule has 0 spiro atoms. The van der Waals surface area contributed by atoms with Gasteiger partial charge in [-0.05, 0) is 80.2 Å². The van der Waals surface area contributed by atoms with E-state index in [1.165, 1.54) is 19.1 Å². The van der Waals surface area contributed by atoms with E-state index >= 15 is 0 Å². The molecule has 9 heteroatoms. The van der Waals surface area contributed by atoms with Crippen LogP contribution in [0.25, 0.3) is 11.8 Å². The maximum Gasteiger partial charge on any atom is 0.270 e. The maximum atomic E-state index is 13.6. The molecule has 37 heavy (non-hydrogen) atoms. The molecule has 1 aliphatic rings. The molecule has 0 radical (unpaired) electrons. The normalized spacial score (nSPS) is 14.5. The van der Waals surface area contributed by atoms with E-state index in [0.717, 1.165) is 28.4 Å². The second kappa shape index (κ2) is 10.7. The molecule has 190 valence electrons. The summed E-state index contributed by atoms with van der Waals surface area (Å²) in [5, 5.41) is 2.59. The average Bonchev–Trinajstić information content (AvgIpc) is 3.17. The number of benzene rings is 2. The number of rotatable bonds is 8. The fourth-order valence-electron chi connectivity index (χ4n) is 4.18. The van der Waals surface area contributed by atoms with Gasteiger partial charge in [-0.15, -0.1) is 0 Å². The number of methoxy groups -OCH3 is 2. The number of thiocarbonyl (C=S) groups is 1. The molecule has 0 saturated carbocycles. The Hall–Kier alpha value is -4.37. The molecule has 4 rings (SSSR count). The molecular weight excluding hydrogens is 490 g/mol. The summed E-state index contributed by atoms with van der Waals surface area (Å²) in [6.45, 7) is 7.98. The summed E-state index contributed by atoms with van der Waals surface area (Å²) in [6.07, 6.45) is 3.28. The van der Waals surface area contributed by atoms with Crippen molar-refractivity contribution in [2.75, 3.05) is 25.7 Å². The summed E-state index contributed by atoms with van der Waals surface area (Å²) < 4.78 is 18.3. The first-order chi connectivity index (χ1) is 17.8. The first kappa shape index (κ1) is 25.7. The number of carbonyl (C=O) groups is 2. The number of anilines is 1. The molecule has 8 nitrogen and oxygen atoms in total. The summed E-state index contributed by atoms with van der Waals surface area (Å²) in [6, 6.07) is 14.6. The monoisotopic (exact) mass is 517 g/mol. The molecule has 3 aromatic rings. The second-order valence-electron chi connectivity index (χ2n) is 8.25. The van der Waals surface area contributed by atoms with Crippen LogP contribution in [-0.2, 0) is 9.59 Å². The van der Waals surface area contributed by atoms with Crippen molar-refractivity contribution in [2.45, 2.75) is 13.8 Å². The highest BCUT2D eigenvalue weighted by molar-refractivity contribution is 7.80. The van der Waals surface area contributed by atoms with E-state index in [9.17, 15) is 9.59 Å². The molecule has 2 aromatic carbocycles. The Morgan fingerprint density at radius 1 is 1.00 bits per heavy atom. The predicted molar refractivity (Wildman–Crippen MR) is 147 cm³/mol. The van der Waals surface area contributed by atoms with Crippen molar-refractivity contribution in [1.82, 2.24) is 9.88 Å². The van der Waals surface area contributed by atoms with Gasteiger partial charge in [-0.25, -0.2) is 4.90 Å². The van der Waals surface area contributed by atoms with Crippen LogP contribution < -0.4 is 24.4 Å². The molecule has 1 aliphatic heterocycles. The van der Waals surface area contributed by atoms with E-state index in [-0.39, 0.29) is 10.7 Å². The minimum atomic E-state index is -0.563. The van der Waals surface area contributed by atoms with Gasteiger partial charge < -0.3 is 18.8 Å². The van der Waals surface area contributed by atoms with Gasteiger partial charge >= 0.3 is 0 Å². The maximum absolute atomic E-state index is 13.6. The molecular formula is C28H27N3O5S. The highest BCUT2D eigenvalue weighted by Gasteiger charge is 2.36. The summed E-state index contributed by atoms with van der Waals surface area (Å²) in [4.78, 5) is 27.7. The summed E-state index contributed by atoms with van der Waals surface area (Å²) in [7, 11) is 3.02. The van der Waals surface area contributed by atoms with Crippen LogP contribution in [0.1, 0.15) is 17.0 Å². The minimum Gasteiger partial charge on any atom is -0.497 e. The number of aryl methyl sites for hydroxylation is 1. The summed E-state index contributed by atoms with van der Waals surface area (Å²) in [5.41, 5.74) is 3.82. The van der Waals surface area contributed by atoms with Gasteiger partial charge in [0.25, 0.3) is 11.8 Å². The molecule has 0 atom stereocenters. The molecule has 2 heterocycles. The Bertz CT molecular complexity index is 1420. The third-order valence-electron chi connectivity index (χ3n) is 5.96. The van der Waals surface area contributed by atoms with Crippen molar-refractivity contribution in [3.05, 3.63) is 83.7 Å². The highest BCUT2D eigenvalue weighted by atomic mass is 32.1. The first-order valence-corrected chi connectivity index (χ1v) is 11.9. The van der Waals surface area contributed by atoms with Gasteiger partial charge in [0.2, 0.25) is 0 Å². The van der Waals surface area contributed by atoms with Gasteiger partial charge in [0, 0.05) is 23.1 Å². The van der Waals surface area contributed by atoms with Gasteiger partial charge in [0.1, 0.15) is 29.4 Å². The fraction of sp³-hybridized carbons (Fsp3) is 0.179. The van der Waals surface area contributed by atoms with Crippen molar-refractivity contribution >= 4 is 40.9 Å². The lowest BCUT2D eigenvalue weighted by atomic mass is 10.1. The lowest BCUT2D eigenvalue weighted by Gasteiger charge is -2.30. The fourth-order valence-corrected chi connectivity index (χ4v) is 4.45. The molecule has 1 aromatic heterocycles. The number of hydrogen-bond acceptors (Lipinski definition) is 6. The summed E-state index contributed by atoms with van der Waals surface area (Å²) >= 11 is 5.34. The van der Waals surface area contributed by atoms with Gasteiger partial charge in [-0.2, -0.15) is 0 Å². The number of ether oxygens (including phenoxy) is 3. The molecule has 0 aliphatic carbocycles. The van der Waals surface area contributed by atoms with Crippen LogP contribution in [0, 0.1) is 13.8 Å². The van der Waals surface area contributed by atoms with E-state index in [0.29, 0.717) is 23.8 Å². The lowest BCUT2D eigenvalue weighted by molar-refractivity contribution is -0.122. The van der Waals surface area contributed by atoms with Crippen LogP contribution in [0.15, 0.2) is 66.8 Å². The number of nitrogens with zero attached hydrogens (tertiary/aromatic N) is 2. The zero-order valence-electron chi connectivity index (χ0n) is 21.0. The number of hydrogen-bond donors (Lipinski definition) is 1. The molecule has 0 bridgehead atoms. The largest absolute Gasteiger partial charge is 0.497 e. The number of amides is 2. The molecule has 1 fully saturated rings. The third kappa shape index (κ3) is 4.99. The van der Waals surface area contributed by atoms with Crippen LogP contribution in [0.5, 0.6) is 17.2 Å². The van der Waals surface area contributed by atoms with Crippen LogP contribution in [0.2, 0.25) is 0 Å². The topological polar surface area (TPSA) is 82.0 Å². The molecule has 2 amide bonds. The van der Waals surface area contributed by atoms with Crippen molar-refractivity contribution in [1.29, 1.82) is 0 Å². The minimum absolute atomic E-state index is 0.0279. The Balaban J connectivity index is 1.71. The van der Waals surface area contributed by atoms with Crippen LogP contribution in [0.3, 0.4) is 0 Å². The predicted octanol–water partition coefficient (Wildman–Crippen LogP) is 4.51. The van der Waals surface area contributed by atoms with Gasteiger partial charge in [-0.3, -0.25) is 14.9 Å². The standard InChI is InChI=1S/C28H27N3O5S/c1-6-13-36-21-9-7-20(8-10-21)30-17(2)14-19(18(30)3)15-23-26(32)29-28(37)31(27(23)33)24-12-11-22(34-4)16-25(24)35-5/h6-12,14-16H,1,13H2,2-5H3,(H,29,32,37). The van der Waals surface area contributed by atoms with E-state index in [1.807, 2.05) is 48.7 Å². The van der Waals surface area contributed by atoms with Gasteiger partial charge in [0.15, 0.2) is 5.11 Å². The smallest absolute Gasteiger partial charge is 0.270 e. The van der Waals surface area contributed by atoms with Gasteiger partial charge in [-0.1, -0.05) is 12.7 Å². The van der Waals surface area contributed by atoms with E-state index < -0.39 is 11.8 Å². The Morgan fingerprint density at radius 3 is 2.35 bits per heavy atom. The van der Waals surface area contributed by atoms with Crippen molar-refractivity contribution in [2.24, 2.45) is 0 Å². The zero-order valence-corrected chi connectivity index (χ0v) is 21.8. The molecule has 1 N–H and O–H groups in total. The molecule has 0 unspecified atom stereocenters. The number of aromatic nitrogens is 1. The zero-order chi connectivity index (χ0) is 26.7. The van der Waals surface area contributed by atoms with Gasteiger partial charge in [0.05, 0.1) is 19.9 Å². The van der Waals surface area contributed by atoms with Crippen molar-refractivity contribution in [3.63, 3.8) is 0 Å². The number of nitrogens with one attached hydrogen (secondary N) is 1. The number of carbonyl (C=O) groups excluding carboxylic acids is 2. The second-order valence-corrected chi connectivity index (χ2v) is 8.64. The van der Waals surface area contributed by atoms with E-state index in [4.69, 9.17) is 26.4 Å². The van der Waals surface area contributed by atoms with Crippen LogP contribution in [-0.4, -0.2) is 42.3 Å². The Morgan fingerprint density at radius 2 is 1.70 bits per heavy atom. The molecule has 1 saturated heterocycles. The SMILES string of the molecule is C=CCOc1ccc(-n2c(C)cc(C=C3C(=O)NC(=S)N(c4ccc(OC)cc4OC)C3=O)c2C)cc1.